The number of fused-ring (bicyclic) bond motifs is 12. The minimum absolute atomic E-state index is 0.0416. The Morgan fingerprint density at radius 3 is 1.38 bits per heavy atom. The molecule has 12 rings (SSSR count). The molecule has 388 valence electrons. The Labute approximate surface area is 460 Å². The molecule has 0 atom stereocenters. The summed E-state index contributed by atoms with van der Waals surface area (Å²) in [5.41, 5.74) is 13.6. The molecule has 1 N–H and O–H groups in total. The Balaban J connectivity index is 0.000000145. The fraction of sp³-hybridized carbons (Fsp3) is 0.235. The van der Waals surface area contributed by atoms with Crippen LogP contribution in [0.2, 0.25) is 0 Å². The highest BCUT2D eigenvalue weighted by molar-refractivity contribution is 9.10. The van der Waals surface area contributed by atoms with E-state index in [-0.39, 0.29) is 27.4 Å². The molecule has 0 saturated carbocycles. The van der Waals surface area contributed by atoms with E-state index in [1.54, 1.807) is 18.3 Å². The fourth-order valence-electron chi connectivity index (χ4n) is 9.83. The number of aromatic nitrogens is 6. The van der Waals surface area contributed by atoms with Crippen molar-refractivity contribution in [1.82, 2.24) is 28.7 Å². The highest BCUT2D eigenvalue weighted by Gasteiger charge is 2.21. The van der Waals surface area contributed by atoms with Crippen molar-refractivity contribution in [3.8, 4) is 39.8 Å². The van der Waals surface area contributed by atoms with Gasteiger partial charge in [0.2, 0.25) is 0 Å². The monoisotopic (exact) mass is 1080 g/mol. The highest BCUT2D eigenvalue weighted by Crippen LogP contribution is 2.39. The van der Waals surface area contributed by atoms with E-state index in [4.69, 9.17) is 9.72 Å². The molecule has 77 heavy (non-hydrogen) atoms. The number of ether oxygens (including phenoxy) is 1. The number of halogens is 1. The molecule has 6 heterocycles. The molecular formula is C68H67BrN6O2. The summed E-state index contributed by atoms with van der Waals surface area (Å²) in [6.07, 6.45) is 11.4. The second-order valence-electron chi connectivity index (χ2n) is 24.1. The molecule has 12 aromatic rings. The van der Waals surface area contributed by atoms with E-state index in [9.17, 15) is 5.11 Å². The lowest BCUT2D eigenvalue weighted by Crippen LogP contribution is -2.12. The van der Waals surface area contributed by atoms with Crippen LogP contribution >= 0.6 is 15.9 Å². The zero-order chi connectivity index (χ0) is 54.6. The van der Waals surface area contributed by atoms with E-state index in [0.29, 0.717) is 0 Å². The standard InChI is InChI=1S/C34H33N3O.C19H24BrN.C15H10N2O/c1-33(2,3)23-13-14-35-30(20-23)22-17-24(34(4,5)6)19-26(18-22)38-25-11-12-27-28-9-7-8-10-31(28)37-16-15-36-32(37)29(27)21-25;1-18(2,3)14-7-8-21-17(12-14)13-9-15(19(4,5)6)11-16(20)10-13;18-10-5-6-11-12-3-1-2-4-14(12)17-8-7-16-15(17)13(11)9-10/h7-21H,1-6H3;7-12H,1-6H3;1-9,18H. The van der Waals surface area contributed by atoms with Crippen LogP contribution in [0.1, 0.15) is 105 Å². The van der Waals surface area contributed by atoms with Gasteiger partial charge in [0, 0.05) is 74.3 Å². The number of nitrogens with zero attached hydrogens (tertiary/aromatic N) is 6. The van der Waals surface area contributed by atoms with Crippen LogP contribution in [-0.2, 0) is 21.7 Å². The molecule has 0 aliphatic rings. The summed E-state index contributed by atoms with van der Waals surface area (Å²) in [6.45, 7) is 26.8. The molecule has 0 fully saturated rings. The lowest BCUT2D eigenvalue weighted by atomic mass is 9.84. The minimum Gasteiger partial charge on any atom is -0.508 e. The molecule has 0 bridgehead atoms. The Hall–Kier alpha value is -7.88. The Kier molecular flexibility index (Phi) is 13.8. The van der Waals surface area contributed by atoms with Crippen molar-refractivity contribution in [2.45, 2.75) is 105 Å². The maximum absolute atomic E-state index is 9.66. The molecule has 8 nitrogen and oxygen atoms in total. The number of hydrogen-bond donors (Lipinski definition) is 1. The maximum Gasteiger partial charge on any atom is 0.145 e. The van der Waals surface area contributed by atoms with Crippen LogP contribution in [-0.4, -0.2) is 33.8 Å². The Morgan fingerprint density at radius 2 is 0.857 bits per heavy atom. The van der Waals surface area contributed by atoms with Gasteiger partial charge in [-0.3, -0.25) is 18.8 Å². The third kappa shape index (κ3) is 11.1. The molecule has 0 radical (unpaired) electrons. The number of hydrogen-bond acceptors (Lipinski definition) is 6. The number of phenols is 1. The van der Waals surface area contributed by atoms with Crippen molar-refractivity contribution in [3.05, 3.63) is 210 Å². The van der Waals surface area contributed by atoms with Gasteiger partial charge in [-0.1, -0.05) is 135 Å². The first-order valence-electron chi connectivity index (χ1n) is 26.3. The third-order valence-corrected chi connectivity index (χ3v) is 14.7. The summed E-state index contributed by atoms with van der Waals surface area (Å²) in [4.78, 5) is 18.4. The fourth-order valence-corrected chi connectivity index (χ4v) is 10.3. The first-order chi connectivity index (χ1) is 36.5. The Bertz CT molecular complexity index is 4160. The van der Waals surface area contributed by atoms with Crippen LogP contribution < -0.4 is 4.74 Å². The third-order valence-electron chi connectivity index (χ3n) is 14.3. The SMILES string of the molecule is CC(C)(C)c1cc(Br)cc(-c2cc(C(C)(C)C)ccn2)c1.CC(C)(C)c1cc(Oc2ccc3c4ccccc4n4ccnc4c3c2)cc(-c2cc(C(C)(C)C)ccn2)c1.Oc1ccc2c3ccccc3n3ccnc3c2c1. The van der Waals surface area contributed by atoms with Gasteiger partial charge in [-0.2, -0.15) is 0 Å². The molecule has 0 unspecified atom stereocenters. The molecule has 6 aromatic carbocycles. The second kappa shape index (κ2) is 20.2. The van der Waals surface area contributed by atoms with Gasteiger partial charge < -0.3 is 9.84 Å². The largest absolute Gasteiger partial charge is 0.508 e. The van der Waals surface area contributed by atoms with E-state index in [2.05, 4.69) is 238 Å². The van der Waals surface area contributed by atoms with Gasteiger partial charge in [-0.05, 0) is 164 Å². The molecule has 9 heteroatoms. The predicted octanol–water partition coefficient (Wildman–Crippen LogP) is 18.5. The first-order valence-corrected chi connectivity index (χ1v) is 27.1. The van der Waals surface area contributed by atoms with Gasteiger partial charge in [0.15, 0.2) is 0 Å². The van der Waals surface area contributed by atoms with Crippen LogP contribution in [0, 0.1) is 0 Å². The average molecular weight is 1080 g/mol. The number of phenolic OH excluding ortho intramolecular Hbond substituents is 1. The number of para-hydroxylation sites is 2. The number of rotatable bonds is 4. The molecule has 0 saturated heterocycles. The zero-order valence-electron chi connectivity index (χ0n) is 46.2. The van der Waals surface area contributed by atoms with E-state index >= 15 is 0 Å². The molecule has 0 aliphatic heterocycles. The summed E-state index contributed by atoms with van der Waals surface area (Å²) < 4.78 is 11.9. The summed E-state index contributed by atoms with van der Waals surface area (Å²) in [5, 5.41) is 16.3. The predicted molar refractivity (Wildman–Crippen MR) is 324 cm³/mol. The average Bonchev–Trinajstić information content (AvgIpc) is 4.11. The van der Waals surface area contributed by atoms with Crippen LogP contribution in [0.4, 0.5) is 0 Å². The maximum atomic E-state index is 9.66. The minimum atomic E-state index is -0.0416. The smallest absolute Gasteiger partial charge is 0.145 e. The van der Waals surface area contributed by atoms with Gasteiger partial charge >= 0.3 is 0 Å². The normalized spacial score (nSPS) is 12.3. The van der Waals surface area contributed by atoms with E-state index in [0.717, 1.165) is 76.8 Å². The van der Waals surface area contributed by atoms with Gasteiger partial charge in [0.25, 0.3) is 0 Å². The lowest BCUT2D eigenvalue weighted by molar-refractivity contribution is 0.476. The first kappa shape index (κ1) is 52.6. The van der Waals surface area contributed by atoms with Crippen LogP contribution in [0.5, 0.6) is 17.2 Å². The molecule has 6 aromatic heterocycles. The van der Waals surface area contributed by atoms with E-state index in [1.807, 2.05) is 49.2 Å². The molecule has 0 aliphatic carbocycles. The van der Waals surface area contributed by atoms with Crippen LogP contribution in [0.3, 0.4) is 0 Å². The summed E-state index contributed by atoms with van der Waals surface area (Å²) in [7, 11) is 0. The van der Waals surface area contributed by atoms with Crippen molar-refractivity contribution in [2.75, 3.05) is 0 Å². The zero-order valence-corrected chi connectivity index (χ0v) is 47.8. The van der Waals surface area contributed by atoms with Crippen LogP contribution in [0.15, 0.2) is 187 Å². The van der Waals surface area contributed by atoms with Crippen molar-refractivity contribution < 1.29 is 9.84 Å². The summed E-state index contributed by atoms with van der Waals surface area (Å²) >= 11 is 3.63. The van der Waals surface area contributed by atoms with E-state index in [1.165, 1.54) is 38.6 Å². The molecule has 0 amide bonds. The number of aromatic hydroxyl groups is 1. The Morgan fingerprint density at radius 1 is 0.390 bits per heavy atom. The number of imidazole rings is 2. The molecular weight excluding hydrogens is 1010 g/mol. The van der Waals surface area contributed by atoms with Gasteiger partial charge in [0.1, 0.15) is 28.5 Å². The van der Waals surface area contributed by atoms with Crippen molar-refractivity contribution in [1.29, 1.82) is 0 Å². The number of benzene rings is 6. The lowest BCUT2D eigenvalue weighted by Gasteiger charge is -2.22. The van der Waals surface area contributed by atoms with Crippen molar-refractivity contribution in [3.63, 3.8) is 0 Å². The van der Waals surface area contributed by atoms with Gasteiger partial charge in [-0.15, -0.1) is 0 Å². The molecule has 0 spiro atoms. The van der Waals surface area contributed by atoms with Gasteiger partial charge in [0.05, 0.1) is 22.4 Å². The summed E-state index contributed by atoms with van der Waals surface area (Å²) in [6, 6.07) is 50.1. The highest BCUT2D eigenvalue weighted by atomic mass is 79.9. The topological polar surface area (TPSA) is 89.8 Å². The van der Waals surface area contributed by atoms with E-state index < -0.39 is 0 Å². The number of pyridine rings is 4. The summed E-state index contributed by atoms with van der Waals surface area (Å²) in [5.74, 6) is 1.85. The quantitative estimate of drug-likeness (QED) is 0.177. The van der Waals surface area contributed by atoms with Gasteiger partial charge in [-0.25, -0.2) is 9.97 Å². The van der Waals surface area contributed by atoms with Crippen molar-refractivity contribution in [2.24, 2.45) is 0 Å². The second-order valence-corrected chi connectivity index (χ2v) is 25.1. The van der Waals surface area contributed by atoms with Crippen LogP contribution in [0.25, 0.3) is 77.2 Å². The van der Waals surface area contributed by atoms with Crippen molar-refractivity contribution >= 4 is 70.6 Å².